The number of benzene rings is 2. The predicted molar refractivity (Wildman–Crippen MR) is 80.1 cm³/mol. The SMILES string of the molecule is CNC(CSc1ccccc1F)c1cc(C)cc(F)c1. The molecule has 1 N–H and O–H groups in total. The Balaban J connectivity index is 2.11. The van der Waals surface area contributed by atoms with Crippen molar-refractivity contribution < 1.29 is 8.78 Å². The van der Waals surface area contributed by atoms with Gasteiger partial charge in [-0.25, -0.2) is 8.78 Å². The summed E-state index contributed by atoms with van der Waals surface area (Å²) in [7, 11) is 1.83. The molecule has 4 heteroatoms. The van der Waals surface area contributed by atoms with Gasteiger partial charge < -0.3 is 5.32 Å². The highest BCUT2D eigenvalue weighted by Gasteiger charge is 2.12. The molecule has 0 fully saturated rings. The van der Waals surface area contributed by atoms with Crippen molar-refractivity contribution in [3.05, 3.63) is 65.2 Å². The number of hydrogen-bond donors (Lipinski definition) is 1. The Hall–Kier alpha value is -1.39. The van der Waals surface area contributed by atoms with E-state index >= 15 is 0 Å². The standard InChI is InChI=1S/C16H17F2NS/c1-11-7-12(9-13(17)8-11)15(19-2)10-20-16-6-4-3-5-14(16)18/h3-9,15,19H,10H2,1-2H3. The first kappa shape index (κ1) is 15.0. The highest BCUT2D eigenvalue weighted by atomic mass is 32.2. The quantitative estimate of drug-likeness (QED) is 0.824. The second-order valence-corrected chi connectivity index (χ2v) is 5.71. The lowest BCUT2D eigenvalue weighted by Gasteiger charge is -2.17. The number of hydrogen-bond acceptors (Lipinski definition) is 2. The molecule has 1 unspecified atom stereocenters. The van der Waals surface area contributed by atoms with E-state index in [0.717, 1.165) is 11.1 Å². The molecule has 2 aromatic rings. The maximum Gasteiger partial charge on any atom is 0.136 e. The number of halogens is 2. The van der Waals surface area contributed by atoms with Gasteiger partial charge in [0, 0.05) is 16.7 Å². The van der Waals surface area contributed by atoms with E-state index in [1.165, 1.54) is 30.0 Å². The summed E-state index contributed by atoms with van der Waals surface area (Å²) in [4.78, 5) is 0.612. The fourth-order valence-electron chi connectivity index (χ4n) is 2.05. The van der Waals surface area contributed by atoms with Gasteiger partial charge in [0.25, 0.3) is 0 Å². The van der Waals surface area contributed by atoms with Crippen LogP contribution in [0.1, 0.15) is 17.2 Å². The van der Waals surface area contributed by atoms with Crippen LogP contribution in [0.15, 0.2) is 47.4 Å². The molecule has 2 rings (SSSR count). The Morgan fingerprint density at radius 1 is 1.15 bits per heavy atom. The van der Waals surface area contributed by atoms with Gasteiger partial charge in [-0.2, -0.15) is 0 Å². The van der Waals surface area contributed by atoms with E-state index in [9.17, 15) is 8.78 Å². The molecule has 0 amide bonds. The Bertz CT molecular complexity index is 566. The van der Waals surface area contributed by atoms with Gasteiger partial charge in [0.1, 0.15) is 11.6 Å². The first-order valence-corrected chi connectivity index (χ1v) is 7.40. The van der Waals surface area contributed by atoms with E-state index < -0.39 is 0 Å². The van der Waals surface area contributed by atoms with E-state index in [-0.39, 0.29) is 17.7 Å². The summed E-state index contributed by atoms with van der Waals surface area (Å²) in [6, 6.07) is 11.6. The fourth-order valence-corrected chi connectivity index (χ4v) is 3.13. The lowest BCUT2D eigenvalue weighted by atomic mass is 10.1. The average molecular weight is 293 g/mol. The zero-order chi connectivity index (χ0) is 14.5. The van der Waals surface area contributed by atoms with Gasteiger partial charge in [-0.15, -0.1) is 11.8 Å². The topological polar surface area (TPSA) is 12.0 Å². The summed E-state index contributed by atoms with van der Waals surface area (Å²) in [5.74, 6) is 0.180. The highest BCUT2D eigenvalue weighted by molar-refractivity contribution is 7.99. The molecular formula is C16H17F2NS. The maximum atomic E-state index is 13.6. The third kappa shape index (κ3) is 3.81. The minimum atomic E-state index is -0.240. The molecule has 2 aromatic carbocycles. The van der Waals surface area contributed by atoms with E-state index in [2.05, 4.69) is 5.32 Å². The lowest BCUT2D eigenvalue weighted by molar-refractivity contribution is 0.599. The molecule has 0 aliphatic carbocycles. The minimum Gasteiger partial charge on any atom is -0.312 e. The van der Waals surface area contributed by atoms with Gasteiger partial charge in [0.05, 0.1) is 0 Å². The van der Waals surface area contributed by atoms with Gasteiger partial charge in [0.15, 0.2) is 0 Å². The van der Waals surface area contributed by atoms with E-state index in [1.54, 1.807) is 12.1 Å². The second kappa shape index (κ2) is 6.86. The smallest absolute Gasteiger partial charge is 0.136 e. The Labute approximate surface area is 122 Å². The first-order valence-electron chi connectivity index (χ1n) is 6.42. The van der Waals surface area contributed by atoms with Crippen LogP contribution in [0.25, 0.3) is 0 Å². The van der Waals surface area contributed by atoms with Crippen molar-refractivity contribution in [2.24, 2.45) is 0 Å². The normalized spacial score (nSPS) is 12.4. The third-order valence-corrected chi connectivity index (χ3v) is 4.20. The molecule has 20 heavy (non-hydrogen) atoms. The summed E-state index contributed by atoms with van der Waals surface area (Å²) in [6.07, 6.45) is 0. The van der Waals surface area contributed by atoms with Crippen molar-refractivity contribution in [3.63, 3.8) is 0 Å². The molecule has 0 bridgehead atoms. The van der Waals surface area contributed by atoms with E-state index in [4.69, 9.17) is 0 Å². The van der Waals surface area contributed by atoms with Crippen LogP contribution >= 0.6 is 11.8 Å². The summed E-state index contributed by atoms with van der Waals surface area (Å²) in [5.41, 5.74) is 1.77. The number of thioether (sulfide) groups is 1. The average Bonchev–Trinajstić information content (AvgIpc) is 2.40. The van der Waals surface area contributed by atoms with Crippen LogP contribution in [0.3, 0.4) is 0 Å². The molecular weight excluding hydrogens is 276 g/mol. The number of aryl methyl sites for hydroxylation is 1. The number of rotatable bonds is 5. The van der Waals surface area contributed by atoms with Crippen LogP contribution < -0.4 is 5.32 Å². The van der Waals surface area contributed by atoms with Crippen molar-refractivity contribution in [2.45, 2.75) is 17.9 Å². The Morgan fingerprint density at radius 2 is 1.90 bits per heavy atom. The second-order valence-electron chi connectivity index (χ2n) is 4.64. The minimum absolute atomic E-state index is 0.0194. The van der Waals surface area contributed by atoms with Crippen LogP contribution in [0.2, 0.25) is 0 Å². The molecule has 106 valence electrons. The Morgan fingerprint density at radius 3 is 2.55 bits per heavy atom. The predicted octanol–water partition coefficient (Wildman–Crippen LogP) is 4.33. The Kier molecular flexibility index (Phi) is 5.15. The van der Waals surface area contributed by atoms with Gasteiger partial charge in [-0.1, -0.05) is 18.2 Å². The molecule has 0 radical (unpaired) electrons. The third-order valence-electron chi connectivity index (χ3n) is 3.06. The summed E-state index contributed by atoms with van der Waals surface area (Å²) in [5, 5.41) is 3.15. The highest BCUT2D eigenvalue weighted by Crippen LogP contribution is 2.27. The van der Waals surface area contributed by atoms with Crippen molar-refractivity contribution in [3.8, 4) is 0 Å². The van der Waals surface area contributed by atoms with E-state index in [0.29, 0.717) is 10.6 Å². The van der Waals surface area contributed by atoms with Gasteiger partial charge in [-0.05, 0) is 49.4 Å². The van der Waals surface area contributed by atoms with Crippen molar-refractivity contribution in [2.75, 3.05) is 12.8 Å². The van der Waals surface area contributed by atoms with E-state index in [1.807, 2.05) is 26.1 Å². The molecule has 0 aromatic heterocycles. The van der Waals surface area contributed by atoms with Crippen LogP contribution in [0.4, 0.5) is 8.78 Å². The molecule has 0 aliphatic heterocycles. The largest absolute Gasteiger partial charge is 0.312 e. The van der Waals surface area contributed by atoms with Crippen molar-refractivity contribution in [1.82, 2.24) is 5.32 Å². The molecule has 0 saturated heterocycles. The molecule has 0 aliphatic rings. The zero-order valence-electron chi connectivity index (χ0n) is 11.5. The molecule has 1 atom stereocenters. The van der Waals surface area contributed by atoms with Crippen molar-refractivity contribution >= 4 is 11.8 Å². The molecule has 0 heterocycles. The van der Waals surface area contributed by atoms with Crippen LogP contribution in [0, 0.1) is 18.6 Å². The summed E-state index contributed by atoms with van der Waals surface area (Å²) in [6.45, 7) is 1.86. The zero-order valence-corrected chi connectivity index (χ0v) is 12.3. The summed E-state index contributed by atoms with van der Waals surface area (Å²) >= 11 is 1.43. The van der Waals surface area contributed by atoms with Gasteiger partial charge in [0.2, 0.25) is 0 Å². The van der Waals surface area contributed by atoms with Crippen molar-refractivity contribution in [1.29, 1.82) is 0 Å². The molecule has 0 spiro atoms. The monoisotopic (exact) mass is 293 g/mol. The number of nitrogens with one attached hydrogen (secondary N) is 1. The molecule has 0 saturated carbocycles. The van der Waals surface area contributed by atoms with Crippen LogP contribution in [-0.2, 0) is 0 Å². The lowest BCUT2D eigenvalue weighted by Crippen LogP contribution is -2.19. The van der Waals surface area contributed by atoms with Gasteiger partial charge >= 0.3 is 0 Å². The fraction of sp³-hybridized carbons (Fsp3) is 0.250. The molecule has 1 nitrogen and oxygen atoms in total. The van der Waals surface area contributed by atoms with Gasteiger partial charge in [-0.3, -0.25) is 0 Å². The maximum absolute atomic E-state index is 13.6. The van der Waals surface area contributed by atoms with Crippen LogP contribution in [-0.4, -0.2) is 12.8 Å². The van der Waals surface area contributed by atoms with Crippen LogP contribution in [0.5, 0.6) is 0 Å². The summed E-state index contributed by atoms with van der Waals surface area (Å²) < 4.78 is 27.0. The first-order chi connectivity index (χ1) is 9.60.